The van der Waals surface area contributed by atoms with Crippen molar-refractivity contribution in [1.82, 2.24) is 9.97 Å². The van der Waals surface area contributed by atoms with E-state index in [1.807, 2.05) is 24.3 Å². The summed E-state index contributed by atoms with van der Waals surface area (Å²) in [5, 5.41) is 0.795. The van der Waals surface area contributed by atoms with E-state index in [0.717, 1.165) is 65.9 Å². The number of benzene rings is 2. The van der Waals surface area contributed by atoms with Crippen molar-refractivity contribution in [2.45, 2.75) is 18.9 Å². The van der Waals surface area contributed by atoms with Gasteiger partial charge in [-0.15, -0.1) is 12.4 Å². The summed E-state index contributed by atoms with van der Waals surface area (Å²) < 4.78 is 20.0. The van der Waals surface area contributed by atoms with E-state index in [2.05, 4.69) is 14.9 Å². The third-order valence-corrected chi connectivity index (χ3v) is 6.14. The number of halogens is 2. The molecule has 0 unspecified atom stereocenters. The number of furan rings is 1. The third-order valence-electron chi connectivity index (χ3n) is 6.14. The van der Waals surface area contributed by atoms with Gasteiger partial charge in [0, 0.05) is 43.0 Å². The summed E-state index contributed by atoms with van der Waals surface area (Å²) in [5.41, 5.74) is 9.78. The van der Waals surface area contributed by atoms with Crippen LogP contribution in [0.15, 0.2) is 59.3 Å². The minimum atomic E-state index is -0.309. The Balaban J connectivity index is 0.00000274. The first kappa shape index (κ1) is 23.7. The predicted octanol–water partition coefficient (Wildman–Crippen LogP) is 4.64. The van der Waals surface area contributed by atoms with Crippen molar-refractivity contribution in [3.8, 4) is 22.5 Å². The van der Waals surface area contributed by atoms with Crippen molar-refractivity contribution in [3.05, 3.63) is 60.7 Å². The molecule has 0 aliphatic carbocycles. The van der Waals surface area contributed by atoms with Crippen LogP contribution in [-0.4, -0.2) is 42.6 Å². The number of nitrogens with zero attached hydrogens (tertiary/aromatic N) is 4. The molecule has 34 heavy (non-hydrogen) atoms. The molecule has 0 saturated carbocycles. The smallest absolute Gasteiger partial charge is 0.232 e. The second kappa shape index (κ2) is 9.79. The van der Waals surface area contributed by atoms with Gasteiger partial charge in [-0.1, -0.05) is 12.1 Å². The van der Waals surface area contributed by atoms with Gasteiger partial charge in [0.25, 0.3) is 0 Å². The van der Waals surface area contributed by atoms with Crippen molar-refractivity contribution in [2.24, 2.45) is 5.73 Å². The summed E-state index contributed by atoms with van der Waals surface area (Å²) in [6, 6.07) is 14.0. The molecule has 0 bridgehead atoms. The van der Waals surface area contributed by atoms with Gasteiger partial charge in [0.1, 0.15) is 23.7 Å². The summed E-state index contributed by atoms with van der Waals surface area (Å²) in [7, 11) is 1.69. The molecule has 1 saturated heterocycles. The van der Waals surface area contributed by atoms with Crippen LogP contribution in [0.3, 0.4) is 0 Å². The molecule has 5 rings (SSSR count). The van der Waals surface area contributed by atoms with Crippen LogP contribution in [0.1, 0.15) is 12.8 Å². The van der Waals surface area contributed by atoms with E-state index in [-0.39, 0.29) is 24.3 Å². The lowest BCUT2D eigenvalue weighted by atomic mass is 9.98. The highest BCUT2D eigenvalue weighted by atomic mass is 35.5. The summed E-state index contributed by atoms with van der Waals surface area (Å²) in [4.78, 5) is 23.8. The topological polar surface area (TPSA) is 88.5 Å². The number of rotatable bonds is 5. The van der Waals surface area contributed by atoms with Crippen LogP contribution in [-0.2, 0) is 4.79 Å². The fourth-order valence-electron chi connectivity index (χ4n) is 4.27. The lowest BCUT2D eigenvalue weighted by Gasteiger charge is -2.31. The Labute approximate surface area is 202 Å². The van der Waals surface area contributed by atoms with Gasteiger partial charge in [-0.2, -0.15) is 0 Å². The number of fused-ring (bicyclic) bond motifs is 1. The van der Waals surface area contributed by atoms with Crippen molar-refractivity contribution in [2.75, 3.05) is 29.9 Å². The van der Waals surface area contributed by atoms with Crippen molar-refractivity contribution in [1.29, 1.82) is 0 Å². The molecule has 0 radical (unpaired) electrons. The van der Waals surface area contributed by atoms with E-state index < -0.39 is 0 Å². The number of aromatic nitrogens is 2. The highest BCUT2D eigenvalue weighted by molar-refractivity contribution is 6.06. The van der Waals surface area contributed by atoms with E-state index in [4.69, 9.17) is 10.2 Å². The molecule has 176 valence electrons. The van der Waals surface area contributed by atoms with Gasteiger partial charge in [-0.05, 0) is 54.8 Å². The number of amides is 1. The van der Waals surface area contributed by atoms with E-state index in [1.54, 1.807) is 19.2 Å². The number of piperidine rings is 1. The Hall–Kier alpha value is -3.49. The number of carbonyl (C=O) groups is 1. The van der Waals surface area contributed by atoms with Gasteiger partial charge in [0.2, 0.25) is 12.1 Å². The Kier molecular flexibility index (Phi) is 6.81. The van der Waals surface area contributed by atoms with Gasteiger partial charge >= 0.3 is 0 Å². The first-order valence-corrected chi connectivity index (χ1v) is 10.9. The van der Waals surface area contributed by atoms with Gasteiger partial charge in [0.05, 0.1) is 5.39 Å². The van der Waals surface area contributed by atoms with E-state index >= 15 is 0 Å². The maximum atomic E-state index is 13.7. The summed E-state index contributed by atoms with van der Waals surface area (Å²) in [5.74, 6) is 1.10. The third kappa shape index (κ3) is 4.34. The SMILES string of the molecule is CN(C=O)c1ccc(-c2oc3ncnc(N4CCC(N)CC4)c3c2-c2ccc(F)cc2)cc1.Cl. The molecule has 2 aromatic heterocycles. The van der Waals surface area contributed by atoms with E-state index in [0.29, 0.717) is 11.5 Å². The molecule has 0 spiro atoms. The monoisotopic (exact) mass is 481 g/mol. The summed E-state index contributed by atoms with van der Waals surface area (Å²) >= 11 is 0. The van der Waals surface area contributed by atoms with Crippen LogP contribution >= 0.6 is 12.4 Å². The predicted molar refractivity (Wildman–Crippen MR) is 134 cm³/mol. The fourth-order valence-corrected chi connectivity index (χ4v) is 4.27. The number of hydrogen-bond donors (Lipinski definition) is 1. The number of anilines is 2. The molecule has 1 amide bonds. The van der Waals surface area contributed by atoms with Gasteiger partial charge in [0.15, 0.2) is 0 Å². The second-order valence-corrected chi connectivity index (χ2v) is 8.28. The lowest BCUT2D eigenvalue weighted by molar-refractivity contribution is -0.107. The van der Waals surface area contributed by atoms with Crippen molar-refractivity contribution >= 4 is 41.4 Å². The standard InChI is InChI=1S/C25H24FN5O2.ClH/c1-30(15-32)20-8-4-17(5-9-20)23-21(16-2-6-18(26)7-3-16)22-24(28-14-29-25(22)33-23)31-12-10-19(27)11-13-31;/h2-9,14-15,19H,10-13,27H2,1H3;1H. The van der Waals surface area contributed by atoms with Crippen LogP contribution < -0.4 is 15.5 Å². The average molecular weight is 482 g/mol. The Morgan fingerprint density at radius 1 is 1.06 bits per heavy atom. The Bertz CT molecular complexity index is 1290. The second-order valence-electron chi connectivity index (χ2n) is 8.28. The maximum absolute atomic E-state index is 13.7. The zero-order valence-electron chi connectivity index (χ0n) is 18.6. The molecular formula is C25H25ClFN5O2. The minimum absolute atomic E-state index is 0. The summed E-state index contributed by atoms with van der Waals surface area (Å²) in [6.45, 7) is 1.59. The van der Waals surface area contributed by atoms with Gasteiger partial charge in [-0.3, -0.25) is 4.79 Å². The quantitative estimate of drug-likeness (QED) is 0.418. The Morgan fingerprint density at radius 3 is 2.35 bits per heavy atom. The molecule has 9 heteroatoms. The molecule has 2 aromatic carbocycles. The molecule has 1 aliphatic rings. The minimum Gasteiger partial charge on any atom is -0.437 e. The molecular weight excluding hydrogens is 457 g/mol. The van der Waals surface area contributed by atoms with Crippen LogP contribution in [0.2, 0.25) is 0 Å². The van der Waals surface area contributed by atoms with Crippen LogP contribution in [0, 0.1) is 5.82 Å². The van der Waals surface area contributed by atoms with E-state index in [1.165, 1.54) is 23.4 Å². The normalized spacial score (nSPS) is 14.1. The fraction of sp³-hybridized carbons (Fsp3) is 0.240. The number of hydrogen-bond acceptors (Lipinski definition) is 6. The lowest BCUT2D eigenvalue weighted by Crippen LogP contribution is -2.40. The zero-order chi connectivity index (χ0) is 22.9. The molecule has 4 aromatic rings. The number of nitrogens with two attached hydrogens (primary N) is 1. The highest BCUT2D eigenvalue weighted by Crippen LogP contribution is 2.44. The van der Waals surface area contributed by atoms with Crippen LogP contribution in [0.5, 0.6) is 0 Å². The van der Waals surface area contributed by atoms with E-state index in [9.17, 15) is 9.18 Å². The first-order valence-electron chi connectivity index (χ1n) is 10.9. The van der Waals surface area contributed by atoms with Gasteiger partial charge in [-0.25, -0.2) is 14.4 Å². The molecule has 7 nitrogen and oxygen atoms in total. The van der Waals surface area contributed by atoms with Crippen LogP contribution in [0.4, 0.5) is 15.9 Å². The Morgan fingerprint density at radius 2 is 1.71 bits per heavy atom. The molecule has 3 heterocycles. The van der Waals surface area contributed by atoms with Crippen molar-refractivity contribution in [3.63, 3.8) is 0 Å². The highest BCUT2D eigenvalue weighted by Gasteiger charge is 2.26. The largest absolute Gasteiger partial charge is 0.437 e. The summed E-state index contributed by atoms with van der Waals surface area (Å²) in [6.07, 6.45) is 4.03. The van der Waals surface area contributed by atoms with Gasteiger partial charge < -0.3 is 20.0 Å². The molecule has 0 atom stereocenters. The zero-order valence-corrected chi connectivity index (χ0v) is 19.5. The molecule has 2 N–H and O–H groups in total. The molecule has 1 aliphatic heterocycles. The maximum Gasteiger partial charge on any atom is 0.232 e. The van der Waals surface area contributed by atoms with Crippen LogP contribution in [0.25, 0.3) is 33.6 Å². The average Bonchev–Trinajstić information content (AvgIpc) is 3.24. The first-order chi connectivity index (χ1) is 16.0. The molecule has 1 fully saturated rings. The van der Waals surface area contributed by atoms with Crippen molar-refractivity contribution < 1.29 is 13.6 Å². The number of carbonyl (C=O) groups excluding carboxylic acids is 1.